The Morgan fingerprint density at radius 2 is 1.68 bits per heavy atom. The van der Waals surface area contributed by atoms with E-state index < -0.39 is 6.04 Å². The summed E-state index contributed by atoms with van der Waals surface area (Å²) in [5.74, 6) is 1.01. The highest BCUT2D eigenvalue weighted by Gasteiger charge is 2.24. The third-order valence-corrected chi connectivity index (χ3v) is 5.66. The predicted octanol–water partition coefficient (Wildman–Crippen LogP) is 3.74. The molecule has 0 aliphatic carbocycles. The van der Waals surface area contributed by atoms with E-state index in [-0.39, 0.29) is 11.8 Å². The fourth-order valence-corrected chi connectivity index (χ4v) is 4.12. The van der Waals surface area contributed by atoms with Gasteiger partial charge >= 0.3 is 0 Å². The van der Waals surface area contributed by atoms with E-state index in [1.165, 1.54) is 16.7 Å². The molecule has 0 heterocycles. The molecule has 0 saturated carbocycles. The molecule has 1 N–H and O–H groups in total. The molecule has 0 fully saturated rings. The summed E-state index contributed by atoms with van der Waals surface area (Å²) >= 11 is 1.60. The van der Waals surface area contributed by atoms with Crippen molar-refractivity contribution in [1.82, 2.24) is 10.2 Å². The van der Waals surface area contributed by atoms with Gasteiger partial charge in [0.2, 0.25) is 11.8 Å². The minimum atomic E-state index is -0.483. The van der Waals surface area contributed by atoms with E-state index in [1.807, 2.05) is 30.3 Å². The van der Waals surface area contributed by atoms with E-state index in [9.17, 15) is 9.59 Å². The van der Waals surface area contributed by atoms with Gasteiger partial charge in [-0.05, 0) is 38.3 Å². The first kappa shape index (κ1) is 22.0. The van der Waals surface area contributed by atoms with Crippen LogP contribution in [0.15, 0.2) is 48.5 Å². The summed E-state index contributed by atoms with van der Waals surface area (Å²) in [5.41, 5.74) is 4.86. The Hall–Kier alpha value is -2.27. The van der Waals surface area contributed by atoms with E-state index >= 15 is 0 Å². The average molecular weight is 399 g/mol. The smallest absolute Gasteiger partial charge is 0.242 e. The summed E-state index contributed by atoms with van der Waals surface area (Å²) in [7, 11) is 1.60. The summed E-state index contributed by atoms with van der Waals surface area (Å²) < 4.78 is 0. The zero-order chi connectivity index (χ0) is 20.5. The van der Waals surface area contributed by atoms with Crippen LogP contribution < -0.4 is 5.32 Å². The third kappa shape index (κ3) is 6.71. The van der Waals surface area contributed by atoms with Crippen LogP contribution in [0.3, 0.4) is 0 Å². The SMILES string of the molecule is CNC(=O)[C@@H](C)N(CCc1ccccc1)C(=O)CSCc1cc(C)cc(C)c1. The molecule has 0 radical (unpaired) electrons. The second-order valence-corrected chi connectivity index (χ2v) is 8.09. The van der Waals surface area contributed by atoms with Gasteiger partial charge in [0.15, 0.2) is 0 Å². The van der Waals surface area contributed by atoms with Gasteiger partial charge in [-0.1, -0.05) is 59.7 Å². The van der Waals surface area contributed by atoms with Gasteiger partial charge in [0.1, 0.15) is 6.04 Å². The first-order valence-corrected chi connectivity index (χ1v) is 10.8. The summed E-state index contributed by atoms with van der Waals surface area (Å²) in [6.07, 6.45) is 0.732. The molecular weight excluding hydrogens is 368 g/mol. The minimum absolute atomic E-state index is 0.00130. The van der Waals surface area contributed by atoms with Crippen molar-refractivity contribution in [3.63, 3.8) is 0 Å². The van der Waals surface area contributed by atoms with Gasteiger partial charge in [0, 0.05) is 19.3 Å². The lowest BCUT2D eigenvalue weighted by atomic mass is 10.1. The van der Waals surface area contributed by atoms with E-state index in [0.717, 1.165) is 17.7 Å². The number of carbonyl (C=O) groups excluding carboxylic acids is 2. The van der Waals surface area contributed by atoms with Gasteiger partial charge in [-0.15, -0.1) is 11.8 Å². The third-order valence-electron chi connectivity index (χ3n) is 4.67. The highest BCUT2D eigenvalue weighted by molar-refractivity contribution is 7.99. The summed E-state index contributed by atoms with van der Waals surface area (Å²) in [4.78, 5) is 26.7. The van der Waals surface area contributed by atoms with Gasteiger partial charge in [0.05, 0.1) is 5.75 Å². The van der Waals surface area contributed by atoms with Crippen molar-refractivity contribution in [2.75, 3.05) is 19.3 Å². The molecule has 0 unspecified atom stereocenters. The zero-order valence-electron chi connectivity index (χ0n) is 17.2. The molecule has 2 amide bonds. The molecule has 28 heavy (non-hydrogen) atoms. The van der Waals surface area contributed by atoms with Gasteiger partial charge in [-0.2, -0.15) is 0 Å². The molecule has 0 aliphatic heterocycles. The number of aryl methyl sites for hydroxylation is 2. The number of hydrogen-bond donors (Lipinski definition) is 1. The molecule has 2 rings (SSSR count). The maximum atomic E-state index is 12.9. The Balaban J connectivity index is 1.98. The summed E-state index contributed by atoms with van der Waals surface area (Å²) in [5, 5.41) is 2.65. The standard InChI is InChI=1S/C23H30N2O2S/c1-17-12-18(2)14-21(13-17)15-28-16-22(26)25(19(3)23(27)24-4)11-10-20-8-6-5-7-9-20/h5-9,12-14,19H,10-11,15-16H2,1-4H3,(H,24,27)/t19-/m1/s1. The number of thioether (sulfide) groups is 1. The molecule has 0 aromatic heterocycles. The monoisotopic (exact) mass is 398 g/mol. The van der Waals surface area contributed by atoms with Crippen LogP contribution in [0.5, 0.6) is 0 Å². The van der Waals surface area contributed by atoms with Crippen LogP contribution in [0.2, 0.25) is 0 Å². The van der Waals surface area contributed by atoms with E-state index in [0.29, 0.717) is 12.3 Å². The number of likely N-dealkylation sites (N-methyl/N-ethyl adjacent to an activating group) is 1. The number of carbonyl (C=O) groups is 2. The Morgan fingerprint density at radius 1 is 1.04 bits per heavy atom. The molecule has 5 heteroatoms. The van der Waals surface area contributed by atoms with Crippen molar-refractivity contribution in [3.8, 4) is 0 Å². The van der Waals surface area contributed by atoms with Crippen molar-refractivity contribution in [3.05, 3.63) is 70.8 Å². The lowest BCUT2D eigenvalue weighted by Gasteiger charge is -2.28. The fraction of sp³-hybridized carbons (Fsp3) is 0.391. The quantitative estimate of drug-likeness (QED) is 0.700. The number of hydrogen-bond acceptors (Lipinski definition) is 3. The average Bonchev–Trinajstić information content (AvgIpc) is 2.67. The molecule has 2 aromatic rings. The van der Waals surface area contributed by atoms with Crippen molar-refractivity contribution < 1.29 is 9.59 Å². The molecule has 2 aromatic carbocycles. The van der Waals surface area contributed by atoms with E-state index in [1.54, 1.807) is 30.6 Å². The first-order chi connectivity index (χ1) is 13.4. The van der Waals surface area contributed by atoms with E-state index in [2.05, 4.69) is 37.4 Å². The lowest BCUT2D eigenvalue weighted by Crippen LogP contribution is -2.48. The van der Waals surface area contributed by atoms with Gasteiger partial charge < -0.3 is 10.2 Å². The zero-order valence-corrected chi connectivity index (χ0v) is 18.0. The molecule has 0 bridgehead atoms. The second kappa shape index (κ2) is 10.9. The number of nitrogens with one attached hydrogen (secondary N) is 1. The molecule has 4 nitrogen and oxygen atoms in total. The Morgan fingerprint density at radius 3 is 2.29 bits per heavy atom. The number of rotatable bonds is 9. The molecular formula is C23H30N2O2S. The highest BCUT2D eigenvalue weighted by Crippen LogP contribution is 2.17. The number of nitrogens with zero attached hydrogens (tertiary/aromatic N) is 1. The van der Waals surface area contributed by atoms with Crippen LogP contribution >= 0.6 is 11.8 Å². The van der Waals surface area contributed by atoms with Crippen molar-refractivity contribution in [1.29, 1.82) is 0 Å². The predicted molar refractivity (Wildman–Crippen MR) is 117 cm³/mol. The molecule has 150 valence electrons. The summed E-state index contributed by atoms with van der Waals surface area (Å²) in [6, 6.07) is 16.0. The van der Waals surface area contributed by atoms with Gasteiger partial charge in [0.25, 0.3) is 0 Å². The normalized spacial score (nSPS) is 11.7. The van der Waals surface area contributed by atoms with Crippen LogP contribution in [-0.2, 0) is 21.8 Å². The Kier molecular flexibility index (Phi) is 8.58. The largest absolute Gasteiger partial charge is 0.357 e. The van der Waals surface area contributed by atoms with Crippen LogP contribution in [0.25, 0.3) is 0 Å². The van der Waals surface area contributed by atoms with Gasteiger partial charge in [-0.25, -0.2) is 0 Å². The topological polar surface area (TPSA) is 49.4 Å². The highest BCUT2D eigenvalue weighted by atomic mass is 32.2. The molecule has 0 aliphatic rings. The Labute approximate surface area is 172 Å². The minimum Gasteiger partial charge on any atom is -0.357 e. The Bertz CT molecular complexity index is 772. The maximum absolute atomic E-state index is 12.9. The van der Waals surface area contributed by atoms with Crippen LogP contribution in [0.1, 0.15) is 29.2 Å². The van der Waals surface area contributed by atoms with Crippen molar-refractivity contribution in [2.24, 2.45) is 0 Å². The van der Waals surface area contributed by atoms with Crippen LogP contribution in [0, 0.1) is 13.8 Å². The molecule has 0 spiro atoms. The maximum Gasteiger partial charge on any atom is 0.242 e. The summed E-state index contributed by atoms with van der Waals surface area (Å²) in [6.45, 7) is 6.49. The molecule has 0 saturated heterocycles. The van der Waals surface area contributed by atoms with E-state index in [4.69, 9.17) is 0 Å². The van der Waals surface area contributed by atoms with Crippen molar-refractivity contribution in [2.45, 2.75) is 39.0 Å². The number of amides is 2. The van der Waals surface area contributed by atoms with Gasteiger partial charge in [-0.3, -0.25) is 9.59 Å². The number of benzene rings is 2. The van der Waals surface area contributed by atoms with Crippen molar-refractivity contribution >= 4 is 23.6 Å². The lowest BCUT2D eigenvalue weighted by molar-refractivity contribution is -0.137. The fourth-order valence-electron chi connectivity index (χ4n) is 3.27. The first-order valence-electron chi connectivity index (χ1n) is 9.60. The van der Waals surface area contributed by atoms with Crippen LogP contribution in [-0.4, -0.2) is 42.1 Å². The van der Waals surface area contributed by atoms with Crippen LogP contribution in [0.4, 0.5) is 0 Å². The second-order valence-electron chi connectivity index (χ2n) is 7.10. The molecule has 1 atom stereocenters.